The average Bonchev–Trinajstić information content (AvgIpc) is 2.82. The first kappa shape index (κ1) is 24.7. The van der Waals surface area contributed by atoms with Gasteiger partial charge < -0.3 is 16.0 Å². The molecule has 1 aliphatic rings. The molecule has 1 saturated heterocycles. The van der Waals surface area contributed by atoms with E-state index in [1.807, 2.05) is 19.1 Å². The van der Waals surface area contributed by atoms with E-state index in [-0.39, 0.29) is 22.6 Å². The lowest BCUT2D eigenvalue weighted by Crippen LogP contribution is -2.42. The van der Waals surface area contributed by atoms with Crippen molar-refractivity contribution in [1.29, 1.82) is 0 Å². The van der Waals surface area contributed by atoms with Crippen LogP contribution in [0.3, 0.4) is 0 Å². The molecule has 3 N–H and O–H groups in total. The molecule has 8 nitrogen and oxygen atoms in total. The average molecular weight is 473 g/mol. The Hall–Kier alpha value is -2.91. The molecule has 0 saturated carbocycles. The first-order chi connectivity index (χ1) is 15.7. The van der Waals surface area contributed by atoms with E-state index < -0.39 is 10.0 Å². The first-order valence-electron chi connectivity index (χ1n) is 11.1. The minimum atomic E-state index is -3.80. The Morgan fingerprint density at radius 2 is 1.91 bits per heavy atom. The van der Waals surface area contributed by atoms with Gasteiger partial charge in [-0.2, -0.15) is 0 Å². The van der Waals surface area contributed by atoms with Gasteiger partial charge >= 0.3 is 0 Å². The summed E-state index contributed by atoms with van der Waals surface area (Å²) in [5, 5.41) is 2.85. The van der Waals surface area contributed by atoms with Crippen LogP contribution in [0.15, 0.2) is 53.4 Å². The number of anilines is 1. The second-order valence-electron chi connectivity index (χ2n) is 8.49. The van der Waals surface area contributed by atoms with Gasteiger partial charge in [-0.3, -0.25) is 13.9 Å². The Kier molecular flexibility index (Phi) is 8.10. The Balaban J connectivity index is 1.56. The predicted molar refractivity (Wildman–Crippen MR) is 129 cm³/mol. The highest BCUT2D eigenvalue weighted by Gasteiger charge is 2.24. The summed E-state index contributed by atoms with van der Waals surface area (Å²) in [4.78, 5) is 26.3. The molecule has 0 aliphatic carbocycles. The molecule has 3 rings (SSSR count). The molecule has 1 atom stereocenters. The highest BCUT2D eigenvalue weighted by atomic mass is 32.2. The molecule has 0 bridgehead atoms. The fourth-order valence-corrected chi connectivity index (χ4v) is 5.19. The van der Waals surface area contributed by atoms with Gasteiger partial charge in [0.05, 0.1) is 16.5 Å². The Morgan fingerprint density at radius 3 is 2.61 bits per heavy atom. The van der Waals surface area contributed by atoms with Crippen molar-refractivity contribution in [3.63, 3.8) is 0 Å². The van der Waals surface area contributed by atoms with Crippen LogP contribution in [0.5, 0.6) is 0 Å². The second-order valence-corrected chi connectivity index (χ2v) is 10.5. The van der Waals surface area contributed by atoms with Crippen molar-refractivity contribution in [1.82, 2.24) is 10.2 Å². The number of piperidine rings is 1. The number of aryl methyl sites for hydroxylation is 1. The largest absolute Gasteiger partial charge is 0.369 e. The first-order valence-corrected chi connectivity index (χ1v) is 12.6. The van der Waals surface area contributed by atoms with E-state index in [2.05, 4.69) is 10.2 Å². The van der Waals surface area contributed by atoms with Crippen molar-refractivity contribution in [2.24, 2.45) is 11.7 Å². The fourth-order valence-electron chi connectivity index (χ4n) is 3.95. The third-order valence-corrected chi connectivity index (χ3v) is 7.78. The molecule has 2 amide bonds. The van der Waals surface area contributed by atoms with E-state index in [1.54, 1.807) is 24.3 Å². The van der Waals surface area contributed by atoms with Crippen LogP contribution in [0.1, 0.15) is 35.2 Å². The Labute approximate surface area is 195 Å². The van der Waals surface area contributed by atoms with E-state index in [4.69, 9.17) is 5.73 Å². The summed E-state index contributed by atoms with van der Waals surface area (Å²) < 4.78 is 27.3. The van der Waals surface area contributed by atoms with E-state index in [0.717, 1.165) is 37.9 Å². The van der Waals surface area contributed by atoms with Gasteiger partial charge in [0.25, 0.3) is 15.9 Å². The summed E-state index contributed by atoms with van der Waals surface area (Å²) >= 11 is 0. The fraction of sp³-hybridized carbons (Fsp3) is 0.417. The van der Waals surface area contributed by atoms with E-state index in [9.17, 15) is 18.0 Å². The summed E-state index contributed by atoms with van der Waals surface area (Å²) in [6, 6.07) is 13.3. The number of nitrogens with zero attached hydrogens (tertiary/aromatic N) is 2. The lowest BCUT2D eigenvalue weighted by Gasteiger charge is -2.31. The number of sulfonamides is 1. The number of amides is 2. The minimum Gasteiger partial charge on any atom is -0.369 e. The third-order valence-electron chi connectivity index (χ3n) is 6.00. The minimum absolute atomic E-state index is 0.0593. The number of carbonyl (C=O) groups excluding carboxylic acids is 2. The quantitative estimate of drug-likeness (QED) is 0.543. The van der Waals surface area contributed by atoms with Crippen molar-refractivity contribution >= 4 is 27.5 Å². The predicted octanol–water partition coefficient (Wildman–Crippen LogP) is 2.14. The van der Waals surface area contributed by atoms with Gasteiger partial charge in [-0.15, -0.1) is 0 Å². The van der Waals surface area contributed by atoms with Crippen molar-refractivity contribution < 1.29 is 18.0 Å². The summed E-state index contributed by atoms with van der Waals surface area (Å²) in [5.74, 6) is -0.675. The molecule has 1 aliphatic heterocycles. The van der Waals surface area contributed by atoms with Crippen molar-refractivity contribution in [3.05, 3.63) is 59.7 Å². The number of carbonyl (C=O) groups is 2. The number of nitrogens with one attached hydrogen (secondary N) is 1. The van der Waals surface area contributed by atoms with Gasteiger partial charge in [0.1, 0.15) is 0 Å². The van der Waals surface area contributed by atoms with Gasteiger partial charge in [0, 0.05) is 25.7 Å². The number of hydrogen-bond donors (Lipinski definition) is 2. The zero-order valence-electron chi connectivity index (χ0n) is 19.2. The Morgan fingerprint density at radius 1 is 1.18 bits per heavy atom. The highest BCUT2D eigenvalue weighted by molar-refractivity contribution is 7.92. The van der Waals surface area contributed by atoms with E-state index in [0.29, 0.717) is 24.3 Å². The molecule has 1 heterocycles. The zero-order chi connectivity index (χ0) is 24.0. The number of likely N-dealkylation sites (tertiary alicyclic amines) is 1. The SMILES string of the molecule is Cc1ccc(N(C)S(=O)(=O)c2cccc(C(=O)NCCCN3CCCC(C(N)=O)C3)c2)cc1. The standard InChI is InChI=1S/C24H32N4O4S/c1-18-9-11-21(12-10-18)27(2)33(31,32)22-8-3-6-19(16-22)24(30)26-13-5-15-28-14-4-7-20(17-28)23(25)29/h3,6,8-12,16,20H,4-5,7,13-15,17H2,1-2H3,(H2,25,29)(H,26,30). The molecular formula is C24H32N4O4S. The van der Waals surface area contributed by atoms with Gasteiger partial charge in [0.15, 0.2) is 0 Å². The van der Waals surface area contributed by atoms with Crippen LogP contribution < -0.4 is 15.4 Å². The zero-order valence-corrected chi connectivity index (χ0v) is 20.0. The topological polar surface area (TPSA) is 113 Å². The highest BCUT2D eigenvalue weighted by Crippen LogP contribution is 2.23. The Bertz CT molecular complexity index is 1090. The third kappa shape index (κ3) is 6.33. The van der Waals surface area contributed by atoms with Crippen LogP contribution in [0.25, 0.3) is 0 Å². The van der Waals surface area contributed by atoms with E-state index in [1.165, 1.54) is 23.5 Å². The number of nitrogens with two attached hydrogens (primary N) is 1. The van der Waals surface area contributed by atoms with E-state index >= 15 is 0 Å². The van der Waals surface area contributed by atoms with Crippen LogP contribution in [0, 0.1) is 12.8 Å². The molecule has 2 aromatic carbocycles. The smallest absolute Gasteiger partial charge is 0.264 e. The molecule has 0 aromatic heterocycles. The molecule has 1 fully saturated rings. The maximum atomic E-state index is 13.1. The van der Waals surface area contributed by atoms with Crippen molar-refractivity contribution in [2.75, 3.05) is 37.5 Å². The van der Waals surface area contributed by atoms with Crippen LogP contribution in [0.4, 0.5) is 5.69 Å². The van der Waals surface area contributed by atoms with Crippen molar-refractivity contribution in [3.8, 4) is 0 Å². The molecule has 1 unspecified atom stereocenters. The number of rotatable bonds is 9. The van der Waals surface area contributed by atoms with Crippen LogP contribution in [-0.4, -0.2) is 58.4 Å². The maximum Gasteiger partial charge on any atom is 0.264 e. The maximum absolute atomic E-state index is 13.1. The summed E-state index contributed by atoms with van der Waals surface area (Å²) in [6.45, 7) is 4.74. The molecule has 178 valence electrons. The summed E-state index contributed by atoms with van der Waals surface area (Å²) in [7, 11) is -2.31. The summed E-state index contributed by atoms with van der Waals surface area (Å²) in [6.07, 6.45) is 2.50. The molecule has 0 radical (unpaired) electrons. The monoisotopic (exact) mass is 472 g/mol. The van der Waals surface area contributed by atoms with Crippen molar-refractivity contribution in [2.45, 2.75) is 31.1 Å². The number of primary amides is 1. The lowest BCUT2D eigenvalue weighted by molar-refractivity contribution is -0.123. The lowest BCUT2D eigenvalue weighted by atomic mass is 9.97. The molecule has 9 heteroatoms. The number of benzene rings is 2. The van der Waals surface area contributed by atoms with Crippen LogP contribution in [0.2, 0.25) is 0 Å². The van der Waals surface area contributed by atoms with Gasteiger partial charge in [-0.05, 0) is 69.6 Å². The normalized spacial score (nSPS) is 16.8. The number of hydrogen-bond acceptors (Lipinski definition) is 5. The molecule has 33 heavy (non-hydrogen) atoms. The van der Waals surface area contributed by atoms with Crippen LogP contribution >= 0.6 is 0 Å². The summed E-state index contributed by atoms with van der Waals surface area (Å²) in [5.41, 5.74) is 7.30. The molecule has 0 spiro atoms. The van der Waals surface area contributed by atoms with Crippen LogP contribution in [-0.2, 0) is 14.8 Å². The van der Waals surface area contributed by atoms with Gasteiger partial charge in [-0.1, -0.05) is 23.8 Å². The second kappa shape index (κ2) is 10.8. The van der Waals surface area contributed by atoms with Gasteiger partial charge in [0.2, 0.25) is 5.91 Å². The van der Waals surface area contributed by atoms with Gasteiger partial charge in [-0.25, -0.2) is 8.42 Å². The molecule has 2 aromatic rings. The molecular weight excluding hydrogens is 440 g/mol.